The Balaban J connectivity index is 2.01. The topological polar surface area (TPSA) is 23.6 Å². The zero-order valence-electron chi connectivity index (χ0n) is 12.0. The quantitative estimate of drug-likeness (QED) is 0.856. The lowest BCUT2D eigenvalue weighted by Gasteiger charge is -2.36. The first-order valence-corrected chi connectivity index (χ1v) is 7.12. The third-order valence-corrected chi connectivity index (χ3v) is 3.63. The molecular formula is C15H19F3N2O. The van der Waals surface area contributed by atoms with E-state index in [4.69, 9.17) is 0 Å². The first kappa shape index (κ1) is 15.7. The van der Waals surface area contributed by atoms with Gasteiger partial charge in [-0.05, 0) is 24.6 Å². The van der Waals surface area contributed by atoms with E-state index in [0.717, 1.165) is 12.5 Å². The maximum atomic E-state index is 12.7. The molecule has 0 radical (unpaired) electrons. The molecule has 6 heteroatoms. The van der Waals surface area contributed by atoms with E-state index in [1.165, 1.54) is 12.1 Å². The Kier molecular flexibility index (Phi) is 4.75. The van der Waals surface area contributed by atoms with Crippen molar-refractivity contribution < 1.29 is 18.0 Å². The number of rotatable bonds is 3. The molecule has 0 N–H and O–H groups in total. The number of halogens is 3. The van der Waals surface area contributed by atoms with E-state index in [1.807, 2.05) is 11.8 Å². The second-order valence-corrected chi connectivity index (χ2v) is 5.17. The monoisotopic (exact) mass is 300 g/mol. The Labute approximate surface area is 122 Å². The van der Waals surface area contributed by atoms with Gasteiger partial charge in [0.25, 0.3) is 0 Å². The molecule has 1 heterocycles. The Morgan fingerprint density at radius 2 is 1.86 bits per heavy atom. The number of hydrogen-bond donors (Lipinski definition) is 0. The fourth-order valence-corrected chi connectivity index (χ4v) is 2.46. The Morgan fingerprint density at radius 1 is 1.19 bits per heavy atom. The van der Waals surface area contributed by atoms with E-state index < -0.39 is 11.7 Å². The zero-order chi connectivity index (χ0) is 15.5. The zero-order valence-corrected chi connectivity index (χ0v) is 12.0. The van der Waals surface area contributed by atoms with Crippen molar-refractivity contribution in [3.05, 3.63) is 29.8 Å². The molecule has 0 unspecified atom stereocenters. The van der Waals surface area contributed by atoms with Gasteiger partial charge >= 0.3 is 6.18 Å². The summed E-state index contributed by atoms with van der Waals surface area (Å²) in [4.78, 5) is 15.5. The number of alkyl halides is 3. The standard InChI is InChI=1S/C15H19F3N2O/c1-2-4-14(21)20-9-7-19(8-10-20)13-6-3-5-12(11-13)15(16,17)18/h3,5-6,11H,2,4,7-10H2,1H3. The Hall–Kier alpha value is -1.72. The SMILES string of the molecule is CCCC(=O)N1CCN(c2cccc(C(F)(F)F)c2)CC1. The van der Waals surface area contributed by atoms with Crippen LogP contribution in [0.5, 0.6) is 0 Å². The molecule has 0 aliphatic carbocycles. The van der Waals surface area contributed by atoms with E-state index in [2.05, 4.69) is 0 Å². The number of carbonyl (C=O) groups excluding carboxylic acids is 1. The minimum atomic E-state index is -4.32. The van der Waals surface area contributed by atoms with E-state index in [9.17, 15) is 18.0 Å². The van der Waals surface area contributed by atoms with Crippen molar-refractivity contribution in [2.24, 2.45) is 0 Å². The van der Waals surface area contributed by atoms with E-state index in [0.29, 0.717) is 38.3 Å². The van der Waals surface area contributed by atoms with Gasteiger partial charge in [0.2, 0.25) is 5.91 Å². The number of amides is 1. The van der Waals surface area contributed by atoms with Crippen LogP contribution in [0.25, 0.3) is 0 Å². The lowest BCUT2D eigenvalue weighted by atomic mass is 10.1. The van der Waals surface area contributed by atoms with Crippen LogP contribution >= 0.6 is 0 Å². The van der Waals surface area contributed by atoms with Crippen molar-refractivity contribution in [1.82, 2.24) is 4.90 Å². The van der Waals surface area contributed by atoms with Crippen molar-refractivity contribution in [2.75, 3.05) is 31.1 Å². The van der Waals surface area contributed by atoms with Gasteiger partial charge in [0.1, 0.15) is 0 Å². The van der Waals surface area contributed by atoms with Gasteiger partial charge in [0.15, 0.2) is 0 Å². The van der Waals surface area contributed by atoms with Gasteiger partial charge in [-0.2, -0.15) is 13.2 Å². The summed E-state index contributed by atoms with van der Waals surface area (Å²) in [6.45, 7) is 4.22. The summed E-state index contributed by atoms with van der Waals surface area (Å²) in [7, 11) is 0. The number of piperazine rings is 1. The normalized spacial score (nSPS) is 16.2. The average Bonchev–Trinajstić information content (AvgIpc) is 2.47. The maximum absolute atomic E-state index is 12.7. The van der Waals surface area contributed by atoms with Crippen LogP contribution < -0.4 is 4.90 Å². The van der Waals surface area contributed by atoms with E-state index in [-0.39, 0.29) is 5.91 Å². The van der Waals surface area contributed by atoms with E-state index in [1.54, 1.807) is 11.0 Å². The molecule has 0 spiro atoms. The van der Waals surface area contributed by atoms with Crippen LogP contribution in [0.15, 0.2) is 24.3 Å². The summed E-state index contributed by atoms with van der Waals surface area (Å²) in [5.74, 6) is 0.126. The highest BCUT2D eigenvalue weighted by Crippen LogP contribution is 2.31. The van der Waals surface area contributed by atoms with Crippen molar-refractivity contribution >= 4 is 11.6 Å². The molecule has 1 aliphatic rings. The molecule has 3 nitrogen and oxygen atoms in total. The van der Waals surface area contributed by atoms with Crippen LogP contribution in [-0.4, -0.2) is 37.0 Å². The lowest BCUT2D eigenvalue weighted by Crippen LogP contribution is -2.48. The molecule has 1 aliphatic heterocycles. The van der Waals surface area contributed by atoms with Crippen molar-refractivity contribution in [3.63, 3.8) is 0 Å². The first-order chi connectivity index (χ1) is 9.91. The minimum Gasteiger partial charge on any atom is -0.368 e. The smallest absolute Gasteiger partial charge is 0.368 e. The third-order valence-electron chi connectivity index (χ3n) is 3.63. The molecule has 21 heavy (non-hydrogen) atoms. The van der Waals surface area contributed by atoms with E-state index >= 15 is 0 Å². The van der Waals surface area contributed by atoms with Gasteiger partial charge in [-0.1, -0.05) is 13.0 Å². The summed E-state index contributed by atoms with van der Waals surface area (Å²) in [5, 5.41) is 0. The largest absolute Gasteiger partial charge is 0.416 e. The molecule has 1 aromatic carbocycles. The summed E-state index contributed by atoms with van der Waals surface area (Å²) >= 11 is 0. The fraction of sp³-hybridized carbons (Fsp3) is 0.533. The number of benzene rings is 1. The van der Waals surface area contributed by atoms with Crippen molar-refractivity contribution in [2.45, 2.75) is 25.9 Å². The molecule has 0 aromatic heterocycles. The predicted molar refractivity (Wildman–Crippen MR) is 75.1 cm³/mol. The van der Waals surface area contributed by atoms with Gasteiger partial charge in [-0.3, -0.25) is 4.79 Å². The highest BCUT2D eigenvalue weighted by molar-refractivity contribution is 5.76. The van der Waals surface area contributed by atoms with Crippen LogP contribution in [0.4, 0.5) is 18.9 Å². The highest BCUT2D eigenvalue weighted by atomic mass is 19.4. The van der Waals surface area contributed by atoms with Gasteiger partial charge in [-0.15, -0.1) is 0 Å². The Bertz CT molecular complexity index is 494. The van der Waals surface area contributed by atoms with Crippen molar-refractivity contribution in [1.29, 1.82) is 0 Å². The maximum Gasteiger partial charge on any atom is 0.416 e. The second kappa shape index (κ2) is 6.37. The number of nitrogens with zero attached hydrogens (tertiary/aromatic N) is 2. The molecule has 2 rings (SSSR count). The molecule has 1 aromatic rings. The van der Waals surface area contributed by atoms with Crippen LogP contribution in [0, 0.1) is 0 Å². The molecule has 0 saturated carbocycles. The van der Waals surface area contributed by atoms with Crippen LogP contribution in [0.2, 0.25) is 0 Å². The summed E-state index contributed by atoms with van der Waals surface area (Å²) in [5.41, 5.74) is -0.0723. The molecule has 1 amide bonds. The summed E-state index contributed by atoms with van der Waals surface area (Å²) in [6, 6.07) is 5.35. The minimum absolute atomic E-state index is 0.126. The first-order valence-electron chi connectivity index (χ1n) is 7.12. The van der Waals surface area contributed by atoms with Gasteiger partial charge in [0, 0.05) is 38.3 Å². The predicted octanol–water partition coefficient (Wildman–Crippen LogP) is 3.15. The molecule has 0 atom stereocenters. The fourth-order valence-electron chi connectivity index (χ4n) is 2.46. The summed E-state index contributed by atoms with van der Waals surface area (Å²) < 4.78 is 38.1. The van der Waals surface area contributed by atoms with Crippen LogP contribution in [0.3, 0.4) is 0 Å². The average molecular weight is 300 g/mol. The highest BCUT2D eigenvalue weighted by Gasteiger charge is 2.31. The van der Waals surface area contributed by atoms with Crippen LogP contribution in [-0.2, 0) is 11.0 Å². The third kappa shape index (κ3) is 3.89. The molecular weight excluding hydrogens is 281 g/mol. The molecule has 1 saturated heterocycles. The van der Waals surface area contributed by atoms with Gasteiger partial charge in [0.05, 0.1) is 5.56 Å². The molecule has 1 fully saturated rings. The number of carbonyl (C=O) groups is 1. The van der Waals surface area contributed by atoms with Gasteiger partial charge in [-0.25, -0.2) is 0 Å². The van der Waals surface area contributed by atoms with Crippen molar-refractivity contribution in [3.8, 4) is 0 Å². The number of anilines is 1. The second-order valence-electron chi connectivity index (χ2n) is 5.17. The summed E-state index contributed by atoms with van der Waals surface area (Å²) in [6.07, 6.45) is -2.98. The Morgan fingerprint density at radius 3 is 2.43 bits per heavy atom. The molecule has 116 valence electrons. The lowest BCUT2D eigenvalue weighted by molar-refractivity contribution is -0.137. The molecule has 0 bridgehead atoms. The van der Waals surface area contributed by atoms with Crippen LogP contribution in [0.1, 0.15) is 25.3 Å². The van der Waals surface area contributed by atoms with Gasteiger partial charge < -0.3 is 9.80 Å². The number of hydrogen-bond acceptors (Lipinski definition) is 2.